The first kappa shape index (κ1) is 16.3. The number of nitrogens with two attached hydrogens (primary N) is 1. The SMILES string of the molecule is CCC(N)=NCC(CC)O/C(=C\NC)C(=O)NC. The van der Waals surface area contributed by atoms with Gasteiger partial charge < -0.3 is 21.1 Å². The number of nitrogens with one attached hydrogen (secondary N) is 2. The molecule has 104 valence electrons. The Morgan fingerprint density at radius 1 is 1.44 bits per heavy atom. The number of hydrogen-bond donors (Lipinski definition) is 3. The van der Waals surface area contributed by atoms with E-state index >= 15 is 0 Å². The van der Waals surface area contributed by atoms with Crippen LogP contribution in [0.25, 0.3) is 0 Å². The minimum atomic E-state index is -0.268. The zero-order valence-electron chi connectivity index (χ0n) is 11.6. The van der Waals surface area contributed by atoms with Gasteiger partial charge in [-0.05, 0) is 6.42 Å². The number of ether oxygens (including phenoxy) is 1. The van der Waals surface area contributed by atoms with E-state index in [0.29, 0.717) is 18.8 Å². The predicted octanol–water partition coefficient (Wildman–Crippen LogP) is 0.356. The lowest BCUT2D eigenvalue weighted by Crippen LogP contribution is -2.27. The number of aliphatic imine (C=N–C) groups is 1. The van der Waals surface area contributed by atoms with Crippen molar-refractivity contribution >= 4 is 11.7 Å². The molecule has 0 saturated heterocycles. The van der Waals surface area contributed by atoms with Crippen molar-refractivity contribution in [1.29, 1.82) is 0 Å². The molecular formula is C12H24N4O2. The van der Waals surface area contributed by atoms with Crippen molar-refractivity contribution in [2.24, 2.45) is 10.7 Å². The van der Waals surface area contributed by atoms with Crippen molar-refractivity contribution in [3.63, 3.8) is 0 Å². The Hall–Kier alpha value is -1.72. The molecule has 0 bridgehead atoms. The predicted molar refractivity (Wildman–Crippen MR) is 73.2 cm³/mol. The first-order chi connectivity index (χ1) is 8.58. The second kappa shape index (κ2) is 9.32. The highest BCUT2D eigenvalue weighted by Crippen LogP contribution is 2.07. The molecule has 6 heteroatoms. The molecule has 4 N–H and O–H groups in total. The maximum atomic E-state index is 11.5. The zero-order valence-corrected chi connectivity index (χ0v) is 11.6. The van der Waals surface area contributed by atoms with Gasteiger partial charge in [-0.2, -0.15) is 0 Å². The van der Waals surface area contributed by atoms with Gasteiger partial charge in [0.2, 0.25) is 0 Å². The van der Waals surface area contributed by atoms with Gasteiger partial charge in [0.05, 0.1) is 12.4 Å². The van der Waals surface area contributed by atoms with E-state index < -0.39 is 0 Å². The van der Waals surface area contributed by atoms with Gasteiger partial charge in [0, 0.05) is 26.7 Å². The van der Waals surface area contributed by atoms with Gasteiger partial charge in [0.25, 0.3) is 5.91 Å². The molecule has 1 unspecified atom stereocenters. The fourth-order valence-electron chi connectivity index (χ4n) is 1.17. The van der Waals surface area contributed by atoms with Crippen LogP contribution in [0.3, 0.4) is 0 Å². The molecule has 0 aliphatic rings. The molecule has 1 atom stereocenters. The maximum Gasteiger partial charge on any atom is 0.287 e. The van der Waals surface area contributed by atoms with Crippen LogP contribution in [0.15, 0.2) is 17.0 Å². The molecular weight excluding hydrogens is 232 g/mol. The van der Waals surface area contributed by atoms with Gasteiger partial charge in [-0.1, -0.05) is 13.8 Å². The average molecular weight is 256 g/mol. The highest BCUT2D eigenvalue weighted by atomic mass is 16.5. The Balaban J connectivity index is 4.57. The summed E-state index contributed by atoms with van der Waals surface area (Å²) in [7, 11) is 3.27. The molecule has 1 amide bonds. The van der Waals surface area contributed by atoms with Gasteiger partial charge in [-0.15, -0.1) is 0 Å². The highest BCUT2D eigenvalue weighted by Gasteiger charge is 2.14. The Morgan fingerprint density at radius 2 is 2.11 bits per heavy atom. The van der Waals surface area contributed by atoms with Gasteiger partial charge >= 0.3 is 0 Å². The minimum absolute atomic E-state index is 0.160. The zero-order chi connectivity index (χ0) is 14.0. The van der Waals surface area contributed by atoms with Gasteiger partial charge in [-0.3, -0.25) is 9.79 Å². The molecule has 0 aromatic rings. The molecule has 0 spiro atoms. The van der Waals surface area contributed by atoms with Crippen molar-refractivity contribution in [2.45, 2.75) is 32.8 Å². The molecule has 0 aromatic carbocycles. The fraction of sp³-hybridized carbons (Fsp3) is 0.667. The maximum absolute atomic E-state index is 11.5. The Kier molecular flexibility index (Phi) is 8.43. The Bertz CT molecular complexity index is 313. The molecule has 0 aliphatic heterocycles. The number of hydrogen-bond acceptors (Lipinski definition) is 4. The van der Waals surface area contributed by atoms with E-state index in [1.807, 2.05) is 13.8 Å². The Morgan fingerprint density at radius 3 is 2.56 bits per heavy atom. The summed E-state index contributed by atoms with van der Waals surface area (Å²) in [6.45, 7) is 4.37. The third-order valence-electron chi connectivity index (χ3n) is 2.34. The monoisotopic (exact) mass is 256 g/mol. The standard InChI is InChI=1S/C12H24N4O2/c1-5-9(7-16-11(13)6-2)18-10(8-14-3)12(17)15-4/h8-9,14H,5-7H2,1-4H3,(H2,13,16)(H,15,17)/b10-8-. The van der Waals surface area contributed by atoms with Crippen molar-refractivity contribution < 1.29 is 9.53 Å². The molecule has 0 heterocycles. The van der Waals surface area contributed by atoms with Crippen LogP contribution in [0.1, 0.15) is 26.7 Å². The summed E-state index contributed by atoms with van der Waals surface area (Å²) in [5.41, 5.74) is 5.64. The summed E-state index contributed by atoms with van der Waals surface area (Å²) in [4.78, 5) is 15.7. The van der Waals surface area contributed by atoms with Crippen molar-refractivity contribution in [3.8, 4) is 0 Å². The van der Waals surface area contributed by atoms with Crippen molar-refractivity contribution in [3.05, 3.63) is 12.0 Å². The van der Waals surface area contributed by atoms with E-state index in [1.54, 1.807) is 14.1 Å². The summed E-state index contributed by atoms with van der Waals surface area (Å²) in [6.07, 6.45) is 2.82. The van der Waals surface area contributed by atoms with E-state index in [0.717, 1.165) is 6.42 Å². The van der Waals surface area contributed by atoms with Gasteiger partial charge in [0.15, 0.2) is 5.76 Å². The largest absolute Gasteiger partial charge is 0.481 e. The second-order valence-corrected chi connectivity index (χ2v) is 3.71. The van der Waals surface area contributed by atoms with E-state index in [9.17, 15) is 4.79 Å². The van der Waals surface area contributed by atoms with Crippen molar-refractivity contribution in [2.75, 3.05) is 20.6 Å². The summed E-state index contributed by atoms with van der Waals surface area (Å²) in [5.74, 6) is 0.573. The lowest BCUT2D eigenvalue weighted by Gasteiger charge is -2.17. The molecule has 18 heavy (non-hydrogen) atoms. The van der Waals surface area contributed by atoms with Gasteiger partial charge in [0.1, 0.15) is 6.10 Å². The normalized spacial score (nSPS) is 14.0. The smallest absolute Gasteiger partial charge is 0.287 e. The van der Waals surface area contributed by atoms with Crippen LogP contribution in [0.4, 0.5) is 0 Å². The Labute approximate surface area is 109 Å². The summed E-state index contributed by atoms with van der Waals surface area (Å²) < 4.78 is 5.61. The van der Waals surface area contributed by atoms with Crippen LogP contribution in [-0.2, 0) is 9.53 Å². The lowest BCUT2D eigenvalue weighted by atomic mass is 10.2. The van der Waals surface area contributed by atoms with Crippen LogP contribution in [0, 0.1) is 0 Å². The molecule has 0 saturated carbocycles. The number of carbonyl (C=O) groups is 1. The van der Waals surface area contributed by atoms with Crippen LogP contribution in [0.5, 0.6) is 0 Å². The molecule has 6 nitrogen and oxygen atoms in total. The number of nitrogens with zero attached hydrogens (tertiary/aromatic N) is 1. The van der Waals surface area contributed by atoms with E-state index in [4.69, 9.17) is 10.5 Å². The lowest BCUT2D eigenvalue weighted by molar-refractivity contribution is -0.121. The summed E-state index contributed by atoms with van der Waals surface area (Å²) in [5, 5.41) is 5.30. The van der Waals surface area contributed by atoms with Crippen LogP contribution in [-0.4, -0.2) is 38.5 Å². The topological polar surface area (TPSA) is 88.7 Å². The van der Waals surface area contributed by atoms with E-state index in [2.05, 4.69) is 15.6 Å². The number of amides is 1. The fourth-order valence-corrected chi connectivity index (χ4v) is 1.17. The van der Waals surface area contributed by atoms with Crippen molar-refractivity contribution in [1.82, 2.24) is 10.6 Å². The quantitative estimate of drug-likeness (QED) is 0.253. The molecule has 0 aromatic heterocycles. The third kappa shape index (κ3) is 6.12. The summed E-state index contributed by atoms with van der Waals surface area (Å²) >= 11 is 0. The third-order valence-corrected chi connectivity index (χ3v) is 2.34. The van der Waals surface area contributed by atoms with E-state index in [-0.39, 0.29) is 17.8 Å². The van der Waals surface area contributed by atoms with Gasteiger partial charge in [-0.25, -0.2) is 0 Å². The van der Waals surface area contributed by atoms with Crippen LogP contribution in [0.2, 0.25) is 0 Å². The number of rotatable bonds is 8. The highest BCUT2D eigenvalue weighted by molar-refractivity contribution is 5.91. The molecule has 0 fully saturated rings. The van der Waals surface area contributed by atoms with E-state index in [1.165, 1.54) is 6.20 Å². The molecule has 0 rings (SSSR count). The second-order valence-electron chi connectivity index (χ2n) is 3.71. The number of likely N-dealkylation sites (N-methyl/N-ethyl adjacent to an activating group) is 1. The average Bonchev–Trinajstić information content (AvgIpc) is 2.40. The first-order valence-corrected chi connectivity index (χ1v) is 6.13. The number of amidine groups is 1. The molecule has 0 radical (unpaired) electrons. The molecule has 0 aliphatic carbocycles. The minimum Gasteiger partial charge on any atom is -0.481 e. The number of carbonyl (C=O) groups excluding carboxylic acids is 1. The summed E-state index contributed by atoms with van der Waals surface area (Å²) in [6, 6.07) is 0. The van der Waals surface area contributed by atoms with Crippen LogP contribution < -0.4 is 16.4 Å². The first-order valence-electron chi connectivity index (χ1n) is 6.13. The van der Waals surface area contributed by atoms with Crippen LogP contribution >= 0.6 is 0 Å².